The first kappa shape index (κ1) is 6.81. The van der Waals surface area contributed by atoms with Crippen molar-refractivity contribution in [3.63, 3.8) is 0 Å². The maximum atomic E-state index is 10.6. The summed E-state index contributed by atoms with van der Waals surface area (Å²) < 4.78 is 4.25. The minimum Gasteiger partial charge on any atom is -0.393 e. The van der Waals surface area contributed by atoms with E-state index in [1.54, 1.807) is 0 Å². The third kappa shape index (κ3) is 1.16. The highest BCUT2D eigenvalue weighted by atomic mass is 16.6. The van der Waals surface area contributed by atoms with Crippen molar-refractivity contribution in [2.75, 3.05) is 0 Å². The maximum Gasteiger partial charge on any atom is 0.318 e. The van der Waals surface area contributed by atoms with Crippen LogP contribution in [-0.4, -0.2) is 11.9 Å². The second-order valence-electron chi connectivity index (χ2n) is 2.10. The number of carbonyl (C=O) groups excluding carboxylic acids is 2. The molecule has 0 spiro atoms. The van der Waals surface area contributed by atoms with Crippen molar-refractivity contribution >= 4 is 11.9 Å². The summed E-state index contributed by atoms with van der Waals surface area (Å²) in [7, 11) is 0. The Balaban J connectivity index is 2.56. The molecule has 0 bridgehead atoms. The summed E-state index contributed by atoms with van der Waals surface area (Å²) in [5, 5.41) is 0. The van der Waals surface area contributed by atoms with Crippen molar-refractivity contribution in [1.29, 1.82) is 0 Å². The average Bonchev–Trinajstić information content (AvgIpc) is 2.13. The van der Waals surface area contributed by atoms with E-state index >= 15 is 0 Å². The Morgan fingerprint density at radius 2 is 2.40 bits per heavy atom. The minimum absolute atomic E-state index is 0.142. The van der Waals surface area contributed by atoms with Crippen molar-refractivity contribution in [1.82, 2.24) is 0 Å². The van der Waals surface area contributed by atoms with Gasteiger partial charge in [0.2, 0.25) is 0 Å². The van der Waals surface area contributed by atoms with Crippen molar-refractivity contribution in [3.05, 3.63) is 0 Å². The Morgan fingerprint density at radius 1 is 1.70 bits per heavy atom. The van der Waals surface area contributed by atoms with Gasteiger partial charge in [0.15, 0.2) is 0 Å². The molecule has 1 saturated heterocycles. The third-order valence-corrected chi connectivity index (χ3v) is 1.33. The number of esters is 2. The van der Waals surface area contributed by atoms with Gasteiger partial charge >= 0.3 is 11.9 Å². The zero-order chi connectivity index (χ0) is 7.56. The molecule has 0 N–H and O–H groups in total. The van der Waals surface area contributed by atoms with Crippen molar-refractivity contribution in [2.24, 2.45) is 5.92 Å². The van der Waals surface area contributed by atoms with Crippen molar-refractivity contribution in [3.8, 4) is 12.3 Å². The van der Waals surface area contributed by atoms with Gasteiger partial charge in [0.1, 0.15) is 0 Å². The fourth-order valence-electron chi connectivity index (χ4n) is 0.819. The van der Waals surface area contributed by atoms with Crippen LogP contribution in [0.15, 0.2) is 0 Å². The smallest absolute Gasteiger partial charge is 0.318 e. The van der Waals surface area contributed by atoms with E-state index in [4.69, 9.17) is 6.42 Å². The second kappa shape index (κ2) is 2.53. The van der Waals surface area contributed by atoms with E-state index < -0.39 is 17.9 Å². The normalized spacial score (nSPS) is 24.1. The molecule has 0 aromatic rings. The molecule has 0 unspecified atom stereocenters. The zero-order valence-corrected chi connectivity index (χ0v) is 5.29. The van der Waals surface area contributed by atoms with E-state index in [1.165, 1.54) is 0 Å². The highest BCUT2D eigenvalue weighted by Gasteiger charge is 2.32. The van der Waals surface area contributed by atoms with E-state index in [9.17, 15) is 9.59 Å². The van der Waals surface area contributed by atoms with Gasteiger partial charge in [0.25, 0.3) is 0 Å². The molecule has 52 valence electrons. The maximum absolute atomic E-state index is 10.6. The fourth-order valence-corrected chi connectivity index (χ4v) is 0.819. The standard InChI is InChI=1S/C7H6O3/c1-2-3-5-4-6(8)10-7(5)9/h1,5H,3-4H2/t5-/m1/s1. The summed E-state index contributed by atoms with van der Waals surface area (Å²) in [6.45, 7) is 0. The predicted octanol–water partition coefficient (Wildman–Crippen LogP) is 0.0994. The van der Waals surface area contributed by atoms with Crippen LogP contribution in [0.25, 0.3) is 0 Å². The van der Waals surface area contributed by atoms with Gasteiger partial charge in [-0.3, -0.25) is 9.59 Å². The Bertz CT molecular complexity index is 211. The van der Waals surface area contributed by atoms with Crippen LogP contribution in [0.5, 0.6) is 0 Å². The molecule has 0 saturated carbocycles. The molecule has 3 heteroatoms. The lowest BCUT2D eigenvalue weighted by Crippen LogP contribution is -2.05. The van der Waals surface area contributed by atoms with Crippen LogP contribution in [0.2, 0.25) is 0 Å². The van der Waals surface area contributed by atoms with Crippen LogP contribution >= 0.6 is 0 Å². The molecule has 1 rings (SSSR count). The third-order valence-electron chi connectivity index (χ3n) is 1.33. The minimum atomic E-state index is -0.483. The molecule has 1 aliphatic rings. The van der Waals surface area contributed by atoms with E-state index in [-0.39, 0.29) is 6.42 Å². The lowest BCUT2D eigenvalue weighted by molar-refractivity contribution is -0.153. The monoisotopic (exact) mass is 138 g/mol. The molecule has 1 fully saturated rings. The molecule has 3 nitrogen and oxygen atoms in total. The van der Waals surface area contributed by atoms with Gasteiger partial charge in [-0.25, -0.2) is 0 Å². The van der Waals surface area contributed by atoms with E-state index in [0.29, 0.717) is 6.42 Å². The molecule has 1 aliphatic heterocycles. The Labute approximate surface area is 58.4 Å². The quantitative estimate of drug-likeness (QED) is 0.293. The Morgan fingerprint density at radius 3 is 2.80 bits per heavy atom. The molecular formula is C7H6O3. The first-order valence-corrected chi connectivity index (χ1v) is 2.92. The number of cyclic esters (lactones) is 2. The summed E-state index contributed by atoms with van der Waals surface area (Å²) >= 11 is 0. The lowest BCUT2D eigenvalue weighted by Gasteiger charge is -1.93. The van der Waals surface area contributed by atoms with Gasteiger partial charge in [-0.2, -0.15) is 0 Å². The summed E-state index contributed by atoms with van der Waals surface area (Å²) in [4.78, 5) is 21.1. The molecule has 0 aliphatic carbocycles. The number of hydrogen-bond acceptors (Lipinski definition) is 3. The van der Waals surface area contributed by atoms with Gasteiger partial charge in [0.05, 0.1) is 12.3 Å². The first-order chi connectivity index (χ1) is 4.74. The molecule has 1 heterocycles. The van der Waals surface area contributed by atoms with Crippen LogP contribution in [0, 0.1) is 18.3 Å². The summed E-state index contributed by atoms with van der Waals surface area (Å²) in [5.74, 6) is 0.966. The molecule has 10 heavy (non-hydrogen) atoms. The molecule has 0 radical (unpaired) electrons. The average molecular weight is 138 g/mol. The van der Waals surface area contributed by atoms with Gasteiger partial charge in [-0.1, -0.05) is 0 Å². The second-order valence-corrected chi connectivity index (χ2v) is 2.10. The fraction of sp³-hybridized carbons (Fsp3) is 0.429. The SMILES string of the molecule is C#CC[C@@H]1CC(=O)OC1=O. The van der Waals surface area contributed by atoms with Crippen LogP contribution in [0.4, 0.5) is 0 Å². The number of carbonyl (C=O) groups is 2. The number of terminal acetylenes is 1. The van der Waals surface area contributed by atoms with Gasteiger partial charge < -0.3 is 4.74 Å². The van der Waals surface area contributed by atoms with Crippen LogP contribution < -0.4 is 0 Å². The van der Waals surface area contributed by atoms with Crippen molar-refractivity contribution < 1.29 is 14.3 Å². The molecule has 1 atom stereocenters. The summed E-state index contributed by atoms with van der Waals surface area (Å²) in [6, 6.07) is 0. The van der Waals surface area contributed by atoms with Crippen LogP contribution in [-0.2, 0) is 14.3 Å². The van der Waals surface area contributed by atoms with Crippen LogP contribution in [0.3, 0.4) is 0 Å². The molecular weight excluding hydrogens is 132 g/mol. The summed E-state index contributed by atoms with van der Waals surface area (Å²) in [5.41, 5.74) is 0. The molecule has 0 aromatic heterocycles. The Hall–Kier alpha value is -1.30. The van der Waals surface area contributed by atoms with Gasteiger partial charge in [-0.15, -0.1) is 12.3 Å². The lowest BCUT2D eigenvalue weighted by atomic mass is 10.1. The number of ether oxygens (including phenoxy) is 1. The molecule has 0 aromatic carbocycles. The largest absolute Gasteiger partial charge is 0.393 e. The van der Waals surface area contributed by atoms with Gasteiger partial charge in [-0.05, 0) is 0 Å². The van der Waals surface area contributed by atoms with Gasteiger partial charge in [0, 0.05) is 6.42 Å². The summed E-state index contributed by atoms with van der Waals surface area (Å²) in [6.07, 6.45) is 5.39. The highest BCUT2D eigenvalue weighted by molar-refractivity contribution is 5.94. The highest BCUT2D eigenvalue weighted by Crippen LogP contribution is 2.18. The zero-order valence-electron chi connectivity index (χ0n) is 5.29. The van der Waals surface area contributed by atoms with E-state index in [0.717, 1.165) is 0 Å². The first-order valence-electron chi connectivity index (χ1n) is 2.92. The Kier molecular flexibility index (Phi) is 1.72. The van der Waals surface area contributed by atoms with Crippen LogP contribution in [0.1, 0.15) is 12.8 Å². The predicted molar refractivity (Wildman–Crippen MR) is 32.7 cm³/mol. The topological polar surface area (TPSA) is 43.4 Å². The molecule has 0 amide bonds. The number of rotatable bonds is 1. The van der Waals surface area contributed by atoms with E-state index in [1.807, 2.05) is 0 Å². The van der Waals surface area contributed by atoms with Crippen molar-refractivity contribution in [2.45, 2.75) is 12.8 Å². The van der Waals surface area contributed by atoms with E-state index in [2.05, 4.69) is 10.7 Å². The number of hydrogen-bond donors (Lipinski definition) is 0.